The van der Waals surface area contributed by atoms with E-state index in [2.05, 4.69) is 31.8 Å². The van der Waals surface area contributed by atoms with E-state index >= 15 is 0 Å². The lowest BCUT2D eigenvalue weighted by molar-refractivity contribution is -0.135. The maximum absolute atomic E-state index is 12.7. The number of rotatable bonds is 5. The third kappa shape index (κ3) is 2.55. The number of amides is 3. The predicted octanol–water partition coefficient (Wildman–Crippen LogP) is 1.82. The zero-order chi connectivity index (χ0) is 14.8. The number of hydrogen-bond acceptors (Lipinski definition) is 4. The third-order valence-electron chi connectivity index (χ3n) is 4.92. The first-order valence-corrected chi connectivity index (χ1v) is 7.98. The van der Waals surface area contributed by atoms with Crippen LogP contribution in [0, 0.1) is 5.41 Å². The van der Waals surface area contributed by atoms with Crippen LogP contribution in [0.15, 0.2) is 0 Å². The van der Waals surface area contributed by atoms with Crippen LogP contribution in [0.3, 0.4) is 0 Å². The number of carbonyl (C=O) groups excluding carboxylic acids is 2. The minimum atomic E-state index is -0.723. The van der Waals surface area contributed by atoms with Crippen LogP contribution in [0.4, 0.5) is 4.79 Å². The Morgan fingerprint density at radius 2 is 1.90 bits per heavy atom. The number of urea groups is 1. The van der Waals surface area contributed by atoms with Crippen LogP contribution in [-0.2, 0) is 9.53 Å². The second-order valence-corrected chi connectivity index (χ2v) is 6.20. The Kier molecular flexibility index (Phi) is 4.64. The lowest BCUT2D eigenvalue weighted by Crippen LogP contribution is -2.51. The molecule has 1 N–H and O–H groups in total. The molecular formula is C14H24N2O3S. The van der Waals surface area contributed by atoms with Crippen LogP contribution in [0.2, 0.25) is 0 Å². The molecular weight excluding hydrogens is 276 g/mol. The number of thiol groups is 1. The van der Waals surface area contributed by atoms with Crippen molar-refractivity contribution in [2.45, 2.75) is 45.1 Å². The van der Waals surface area contributed by atoms with Gasteiger partial charge in [0.05, 0.1) is 0 Å². The SMILES string of the molecule is CCC(CC)(CS)CN1C(=O)NC2(CCOCC2)C1=O. The molecule has 0 atom stereocenters. The van der Waals surface area contributed by atoms with Gasteiger partial charge in [-0.25, -0.2) is 4.79 Å². The van der Waals surface area contributed by atoms with Crippen LogP contribution >= 0.6 is 12.6 Å². The average molecular weight is 300 g/mol. The van der Waals surface area contributed by atoms with Crippen molar-refractivity contribution in [2.75, 3.05) is 25.5 Å². The molecule has 0 aromatic rings. The largest absolute Gasteiger partial charge is 0.381 e. The summed E-state index contributed by atoms with van der Waals surface area (Å²) in [5.74, 6) is 0.589. The summed E-state index contributed by atoms with van der Waals surface area (Å²) < 4.78 is 5.31. The fourth-order valence-electron chi connectivity index (χ4n) is 2.96. The summed E-state index contributed by atoms with van der Waals surface area (Å²) in [4.78, 5) is 26.3. The van der Waals surface area contributed by atoms with Crippen molar-refractivity contribution in [3.05, 3.63) is 0 Å². The normalized spacial score (nSPS) is 22.4. The zero-order valence-electron chi connectivity index (χ0n) is 12.3. The molecule has 2 rings (SSSR count). The molecule has 0 bridgehead atoms. The molecule has 2 heterocycles. The van der Waals surface area contributed by atoms with Gasteiger partial charge in [-0.05, 0) is 24.0 Å². The van der Waals surface area contributed by atoms with Gasteiger partial charge in [0, 0.05) is 32.6 Å². The Bertz CT molecular complexity index is 382. The molecule has 0 unspecified atom stereocenters. The number of imide groups is 1. The highest BCUT2D eigenvalue weighted by Gasteiger charge is 2.52. The molecule has 114 valence electrons. The van der Waals surface area contributed by atoms with Crippen LogP contribution in [0.25, 0.3) is 0 Å². The second-order valence-electron chi connectivity index (χ2n) is 5.88. The van der Waals surface area contributed by atoms with E-state index in [1.165, 1.54) is 4.90 Å². The first-order chi connectivity index (χ1) is 9.52. The summed E-state index contributed by atoms with van der Waals surface area (Å²) in [6.45, 7) is 5.68. The van der Waals surface area contributed by atoms with E-state index < -0.39 is 5.54 Å². The fraction of sp³-hybridized carbons (Fsp3) is 0.857. The van der Waals surface area contributed by atoms with E-state index in [0.29, 0.717) is 38.4 Å². The Morgan fingerprint density at radius 3 is 2.40 bits per heavy atom. The van der Waals surface area contributed by atoms with Crippen molar-refractivity contribution in [3.63, 3.8) is 0 Å². The molecule has 0 radical (unpaired) electrons. The number of carbonyl (C=O) groups is 2. The molecule has 2 saturated heterocycles. The summed E-state index contributed by atoms with van der Waals surface area (Å²) in [6, 6.07) is -0.259. The highest BCUT2D eigenvalue weighted by molar-refractivity contribution is 7.80. The Morgan fingerprint density at radius 1 is 1.30 bits per heavy atom. The first kappa shape index (κ1) is 15.6. The molecule has 2 fully saturated rings. The van der Waals surface area contributed by atoms with Crippen LogP contribution in [-0.4, -0.2) is 47.9 Å². The van der Waals surface area contributed by atoms with Gasteiger partial charge in [-0.1, -0.05) is 13.8 Å². The van der Waals surface area contributed by atoms with Gasteiger partial charge < -0.3 is 10.1 Å². The Balaban J connectivity index is 2.16. The number of nitrogens with one attached hydrogen (secondary N) is 1. The molecule has 5 nitrogen and oxygen atoms in total. The molecule has 0 aromatic carbocycles. The van der Waals surface area contributed by atoms with Crippen molar-refractivity contribution in [1.82, 2.24) is 10.2 Å². The van der Waals surface area contributed by atoms with Crippen LogP contribution in [0.1, 0.15) is 39.5 Å². The topological polar surface area (TPSA) is 58.6 Å². The predicted molar refractivity (Wildman–Crippen MR) is 79.9 cm³/mol. The van der Waals surface area contributed by atoms with E-state index in [1.54, 1.807) is 0 Å². The van der Waals surface area contributed by atoms with Gasteiger partial charge in [0.25, 0.3) is 5.91 Å². The van der Waals surface area contributed by atoms with Gasteiger partial charge in [-0.15, -0.1) is 0 Å². The van der Waals surface area contributed by atoms with Crippen LogP contribution < -0.4 is 5.32 Å². The zero-order valence-corrected chi connectivity index (χ0v) is 13.2. The maximum atomic E-state index is 12.7. The summed E-state index contributed by atoms with van der Waals surface area (Å²) in [5.41, 5.74) is -0.814. The van der Waals surface area contributed by atoms with Gasteiger partial charge in [0.1, 0.15) is 5.54 Å². The van der Waals surface area contributed by atoms with E-state index in [9.17, 15) is 9.59 Å². The molecule has 0 aliphatic carbocycles. The minimum Gasteiger partial charge on any atom is -0.381 e. The van der Waals surface area contributed by atoms with Crippen molar-refractivity contribution in [2.24, 2.45) is 5.41 Å². The van der Waals surface area contributed by atoms with E-state index in [-0.39, 0.29) is 17.4 Å². The van der Waals surface area contributed by atoms with E-state index in [0.717, 1.165) is 12.8 Å². The monoisotopic (exact) mass is 300 g/mol. The van der Waals surface area contributed by atoms with E-state index in [4.69, 9.17) is 4.74 Å². The molecule has 20 heavy (non-hydrogen) atoms. The maximum Gasteiger partial charge on any atom is 0.325 e. The van der Waals surface area contributed by atoms with Crippen molar-refractivity contribution in [1.29, 1.82) is 0 Å². The molecule has 2 aliphatic rings. The summed E-state index contributed by atoms with van der Waals surface area (Å²) in [6.07, 6.45) is 2.95. The standard InChI is InChI=1S/C14H24N2O3S/c1-3-13(4-2,10-20)9-16-11(17)14(15-12(16)18)5-7-19-8-6-14/h20H,3-10H2,1-2H3,(H,15,18). The van der Waals surface area contributed by atoms with Crippen molar-refractivity contribution in [3.8, 4) is 0 Å². The molecule has 0 saturated carbocycles. The quantitative estimate of drug-likeness (QED) is 0.601. The Labute approximate surface area is 125 Å². The molecule has 3 amide bonds. The third-order valence-corrected chi connectivity index (χ3v) is 5.59. The molecule has 6 heteroatoms. The van der Waals surface area contributed by atoms with Crippen LogP contribution in [0.5, 0.6) is 0 Å². The number of hydrogen-bond donors (Lipinski definition) is 2. The lowest BCUT2D eigenvalue weighted by atomic mass is 9.83. The molecule has 1 spiro atoms. The average Bonchev–Trinajstić information content (AvgIpc) is 2.69. The Hall–Kier alpha value is -0.750. The second kappa shape index (κ2) is 5.93. The first-order valence-electron chi connectivity index (χ1n) is 7.35. The summed E-state index contributed by atoms with van der Waals surface area (Å²) >= 11 is 4.42. The smallest absolute Gasteiger partial charge is 0.325 e. The van der Waals surface area contributed by atoms with Gasteiger partial charge in [-0.2, -0.15) is 12.6 Å². The van der Waals surface area contributed by atoms with Gasteiger partial charge in [-0.3, -0.25) is 9.69 Å². The highest BCUT2D eigenvalue weighted by atomic mass is 32.1. The molecule has 2 aliphatic heterocycles. The minimum absolute atomic E-state index is 0.0844. The van der Waals surface area contributed by atoms with Gasteiger partial charge in [0.2, 0.25) is 0 Å². The van der Waals surface area contributed by atoms with Gasteiger partial charge in [0.15, 0.2) is 0 Å². The van der Waals surface area contributed by atoms with Gasteiger partial charge >= 0.3 is 6.03 Å². The summed E-state index contributed by atoms with van der Waals surface area (Å²) in [5, 5.41) is 2.90. The summed E-state index contributed by atoms with van der Waals surface area (Å²) in [7, 11) is 0. The number of ether oxygens (including phenoxy) is 1. The number of nitrogens with zero attached hydrogens (tertiary/aromatic N) is 1. The molecule has 0 aromatic heterocycles. The van der Waals surface area contributed by atoms with Crippen molar-refractivity contribution >= 4 is 24.6 Å². The van der Waals surface area contributed by atoms with E-state index in [1.807, 2.05) is 0 Å². The van der Waals surface area contributed by atoms with Crippen molar-refractivity contribution < 1.29 is 14.3 Å². The fourth-order valence-corrected chi connectivity index (χ4v) is 3.51. The lowest BCUT2D eigenvalue weighted by Gasteiger charge is -2.34. The highest BCUT2D eigenvalue weighted by Crippen LogP contribution is 2.34.